The van der Waals surface area contributed by atoms with E-state index >= 15 is 0 Å². The third-order valence-electron chi connectivity index (χ3n) is 6.74. The summed E-state index contributed by atoms with van der Waals surface area (Å²) in [5.41, 5.74) is 8.03. The minimum absolute atomic E-state index is 0.00908. The summed E-state index contributed by atoms with van der Waals surface area (Å²) in [7, 11) is 1.63. The number of aryl methyl sites for hydroxylation is 1. The molecular formula is C28H29N7O2. The summed E-state index contributed by atoms with van der Waals surface area (Å²) in [5.74, 6) is 12.6. The summed E-state index contributed by atoms with van der Waals surface area (Å²) in [6.07, 6.45) is 1.88. The maximum atomic E-state index is 13.9. The number of benzene rings is 1. The van der Waals surface area contributed by atoms with Gasteiger partial charge in [0.15, 0.2) is 11.2 Å². The lowest BCUT2D eigenvalue weighted by Gasteiger charge is -2.31. The van der Waals surface area contributed by atoms with Crippen LogP contribution in [0.5, 0.6) is 0 Å². The highest BCUT2D eigenvalue weighted by molar-refractivity contribution is 5.80. The van der Waals surface area contributed by atoms with Gasteiger partial charge in [-0.15, -0.1) is 11.8 Å². The SMILES string of the molecule is CC#CCn1c(N2CCC[C@@H](N)C2)nc2c1c(=O)n(Cc1nc3ccccc3cc1C#CC)c(=O)n2C. The maximum absolute atomic E-state index is 13.9. The molecule has 1 aliphatic heterocycles. The van der Waals surface area contributed by atoms with Crippen molar-refractivity contribution in [2.75, 3.05) is 18.0 Å². The molecule has 37 heavy (non-hydrogen) atoms. The third-order valence-corrected chi connectivity index (χ3v) is 6.74. The Morgan fingerprint density at radius 2 is 1.92 bits per heavy atom. The van der Waals surface area contributed by atoms with Crippen molar-refractivity contribution in [1.29, 1.82) is 0 Å². The summed E-state index contributed by atoms with van der Waals surface area (Å²) in [6, 6.07) is 9.68. The van der Waals surface area contributed by atoms with E-state index in [0.717, 1.165) is 30.3 Å². The monoisotopic (exact) mass is 495 g/mol. The fourth-order valence-corrected chi connectivity index (χ4v) is 4.91. The Kier molecular flexibility index (Phi) is 6.56. The van der Waals surface area contributed by atoms with E-state index in [-0.39, 0.29) is 19.1 Å². The maximum Gasteiger partial charge on any atom is 0.332 e. The fourth-order valence-electron chi connectivity index (χ4n) is 4.91. The first-order valence-corrected chi connectivity index (χ1v) is 12.3. The van der Waals surface area contributed by atoms with Crippen LogP contribution in [0.1, 0.15) is 37.9 Å². The van der Waals surface area contributed by atoms with E-state index in [1.165, 1.54) is 9.13 Å². The van der Waals surface area contributed by atoms with Crippen molar-refractivity contribution in [1.82, 2.24) is 23.7 Å². The zero-order valence-corrected chi connectivity index (χ0v) is 21.3. The zero-order valence-electron chi connectivity index (χ0n) is 21.3. The highest BCUT2D eigenvalue weighted by Crippen LogP contribution is 2.23. The van der Waals surface area contributed by atoms with Crippen molar-refractivity contribution in [3.05, 3.63) is 62.4 Å². The van der Waals surface area contributed by atoms with Gasteiger partial charge in [-0.3, -0.25) is 18.5 Å². The molecule has 0 bridgehead atoms. The second-order valence-electron chi connectivity index (χ2n) is 9.23. The van der Waals surface area contributed by atoms with Crippen LogP contribution in [0, 0.1) is 23.7 Å². The quantitative estimate of drug-likeness (QED) is 0.433. The summed E-state index contributed by atoms with van der Waals surface area (Å²) >= 11 is 0. The van der Waals surface area contributed by atoms with Gasteiger partial charge in [-0.1, -0.05) is 30.0 Å². The molecule has 0 saturated carbocycles. The number of nitrogens with zero attached hydrogens (tertiary/aromatic N) is 6. The Balaban J connectivity index is 1.72. The molecule has 1 aliphatic rings. The van der Waals surface area contributed by atoms with E-state index in [1.807, 2.05) is 34.9 Å². The van der Waals surface area contributed by atoms with Crippen LogP contribution < -0.4 is 21.9 Å². The average molecular weight is 496 g/mol. The van der Waals surface area contributed by atoms with Gasteiger partial charge in [0, 0.05) is 37.1 Å². The predicted octanol–water partition coefficient (Wildman–Crippen LogP) is 1.82. The van der Waals surface area contributed by atoms with Crippen LogP contribution in [0.4, 0.5) is 5.95 Å². The molecule has 0 aliphatic carbocycles. The van der Waals surface area contributed by atoms with Crippen molar-refractivity contribution < 1.29 is 0 Å². The Morgan fingerprint density at radius 1 is 1.11 bits per heavy atom. The van der Waals surface area contributed by atoms with Gasteiger partial charge in [-0.05, 0) is 38.8 Å². The molecule has 9 heteroatoms. The summed E-state index contributed by atoms with van der Waals surface area (Å²) in [4.78, 5) is 39.0. The summed E-state index contributed by atoms with van der Waals surface area (Å²) in [5, 5.41) is 0.945. The van der Waals surface area contributed by atoms with E-state index in [9.17, 15) is 9.59 Å². The fraction of sp³-hybridized carbons (Fsp3) is 0.357. The van der Waals surface area contributed by atoms with Gasteiger partial charge in [0.25, 0.3) is 5.56 Å². The molecule has 0 spiro atoms. The molecule has 9 nitrogen and oxygen atoms in total. The molecule has 5 rings (SSSR count). The Labute approximate surface area is 214 Å². The Morgan fingerprint density at radius 3 is 2.68 bits per heavy atom. The normalized spacial score (nSPS) is 15.4. The van der Waals surface area contributed by atoms with E-state index < -0.39 is 11.2 Å². The second-order valence-corrected chi connectivity index (χ2v) is 9.23. The second kappa shape index (κ2) is 9.96. The average Bonchev–Trinajstić information content (AvgIpc) is 3.28. The molecule has 0 amide bonds. The molecule has 2 N–H and O–H groups in total. The lowest BCUT2D eigenvalue weighted by molar-refractivity contribution is 0.496. The van der Waals surface area contributed by atoms with E-state index in [2.05, 4.69) is 28.6 Å². The molecule has 1 saturated heterocycles. The van der Waals surface area contributed by atoms with Crippen molar-refractivity contribution in [2.45, 2.75) is 45.8 Å². The van der Waals surface area contributed by atoms with Crippen LogP contribution in [-0.4, -0.2) is 42.8 Å². The number of hydrogen-bond acceptors (Lipinski definition) is 6. The molecule has 188 valence electrons. The predicted molar refractivity (Wildman–Crippen MR) is 146 cm³/mol. The van der Waals surface area contributed by atoms with Gasteiger partial charge in [0.2, 0.25) is 5.95 Å². The lowest BCUT2D eigenvalue weighted by atomic mass is 10.1. The van der Waals surface area contributed by atoms with Gasteiger partial charge >= 0.3 is 5.69 Å². The Hall–Kier alpha value is -4.34. The number of piperidine rings is 1. The van der Waals surface area contributed by atoms with Gasteiger partial charge in [0.05, 0.1) is 24.3 Å². The third kappa shape index (κ3) is 4.39. The van der Waals surface area contributed by atoms with Crippen LogP contribution in [0.15, 0.2) is 39.9 Å². The number of anilines is 1. The number of aromatic nitrogens is 5. The number of pyridine rings is 1. The molecule has 1 fully saturated rings. The van der Waals surface area contributed by atoms with Crippen LogP contribution in [0.3, 0.4) is 0 Å². The first kappa shape index (κ1) is 24.4. The molecular weight excluding hydrogens is 466 g/mol. The van der Waals surface area contributed by atoms with Crippen molar-refractivity contribution in [3.8, 4) is 23.7 Å². The highest BCUT2D eigenvalue weighted by atomic mass is 16.2. The number of nitrogens with two attached hydrogens (primary N) is 1. The summed E-state index contributed by atoms with van der Waals surface area (Å²) < 4.78 is 4.44. The van der Waals surface area contributed by atoms with Crippen molar-refractivity contribution in [2.24, 2.45) is 12.8 Å². The van der Waals surface area contributed by atoms with Crippen LogP contribution >= 0.6 is 0 Å². The van der Waals surface area contributed by atoms with Gasteiger partial charge < -0.3 is 10.6 Å². The lowest BCUT2D eigenvalue weighted by Crippen LogP contribution is -2.44. The number of para-hydroxylation sites is 1. The highest BCUT2D eigenvalue weighted by Gasteiger charge is 2.26. The molecule has 0 unspecified atom stereocenters. The molecule has 3 aromatic heterocycles. The largest absolute Gasteiger partial charge is 0.341 e. The number of imidazole rings is 1. The number of hydrogen-bond donors (Lipinski definition) is 1. The number of fused-ring (bicyclic) bond motifs is 2. The van der Waals surface area contributed by atoms with Crippen LogP contribution in [0.2, 0.25) is 0 Å². The summed E-state index contributed by atoms with van der Waals surface area (Å²) in [6.45, 7) is 5.18. The minimum atomic E-state index is -0.462. The first-order chi connectivity index (χ1) is 17.9. The molecule has 1 aromatic carbocycles. The van der Waals surface area contributed by atoms with E-state index in [1.54, 1.807) is 20.9 Å². The van der Waals surface area contributed by atoms with Crippen LogP contribution in [0.25, 0.3) is 22.1 Å². The molecule has 4 aromatic rings. The van der Waals surface area contributed by atoms with E-state index in [0.29, 0.717) is 34.9 Å². The first-order valence-electron chi connectivity index (χ1n) is 12.3. The Bertz CT molecular complexity index is 1750. The number of rotatable bonds is 4. The van der Waals surface area contributed by atoms with Crippen LogP contribution in [-0.2, 0) is 20.1 Å². The minimum Gasteiger partial charge on any atom is -0.341 e. The molecule has 4 heterocycles. The topological polar surface area (TPSA) is 104 Å². The standard InChI is InChI=1S/C28H29N7O2/c1-4-6-15-34-24-25(31-27(34)33-14-9-12-21(29)17-33)32(3)28(37)35(26(24)36)18-23-19(10-5-2)16-20-11-7-8-13-22(20)30-23/h7-8,11,13,16,21H,9,12,14-15,17-18,29H2,1-3H3/t21-/m1/s1. The van der Waals surface area contributed by atoms with Gasteiger partial charge in [-0.25, -0.2) is 9.78 Å². The van der Waals surface area contributed by atoms with E-state index in [4.69, 9.17) is 15.7 Å². The molecule has 0 radical (unpaired) electrons. The van der Waals surface area contributed by atoms with Gasteiger partial charge in [0.1, 0.15) is 0 Å². The smallest absolute Gasteiger partial charge is 0.332 e. The zero-order chi connectivity index (χ0) is 26.1. The van der Waals surface area contributed by atoms with Crippen molar-refractivity contribution >= 4 is 28.0 Å². The van der Waals surface area contributed by atoms with Gasteiger partial charge in [-0.2, -0.15) is 4.98 Å². The molecule has 1 atom stereocenters. The van der Waals surface area contributed by atoms with Crippen molar-refractivity contribution in [3.63, 3.8) is 0 Å².